The Morgan fingerprint density at radius 3 is 2.90 bits per heavy atom. The van der Waals surface area contributed by atoms with Crippen molar-refractivity contribution < 1.29 is 23.1 Å². The summed E-state index contributed by atoms with van der Waals surface area (Å²) in [7, 11) is -2.35. The van der Waals surface area contributed by atoms with Crippen LogP contribution in [0.4, 0.5) is 5.13 Å². The lowest BCUT2D eigenvalue weighted by Crippen LogP contribution is -2.13. The summed E-state index contributed by atoms with van der Waals surface area (Å²) in [6, 6.07) is 6.00. The van der Waals surface area contributed by atoms with Crippen LogP contribution in [0, 0.1) is 0 Å². The fourth-order valence-corrected chi connectivity index (χ4v) is 3.53. The van der Waals surface area contributed by atoms with Crippen molar-refractivity contribution in [1.82, 2.24) is 4.98 Å². The summed E-state index contributed by atoms with van der Waals surface area (Å²) >= 11 is 1.03. The number of benzene rings is 1. The smallest absolute Gasteiger partial charge is 0.309 e. The first-order valence-electron chi connectivity index (χ1n) is 5.74. The van der Waals surface area contributed by atoms with Crippen molar-refractivity contribution in [2.75, 3.05) is 11.8 Å². The Morgan fingerprint density at radius 2 is 2.24 bits per heavy atom. The van der Waals surface area contributed by atoms with E-state index in [4.69, 9.17) is 9.84 Å². The van der Waals surface area contributed by atoms with Gasteiger partial charge in [0, 0.05) is 11.4 Å². The van der Waals surface area contributed by atoms with Crippen LogP contribution in [0.5, 0.6) is 5.75 Å². The molecule has 0 bridgehead atoms. The van der Waals surface area contributed by atoms with Crippen molar-refractivity contribution in [2.24, 2.45) is 0 Å². The van der Waals surface area contributed by atoms with E-state index in [1.807, 2.05) is 0 Å². The molecule has 0 amide bonds. The first kappa shape index (κ1) is 15.3. The van der Waals surface area contributed by atoms with Gasteiger partial charge >= 0.3 is 5.97 Å². The van der Waals surface area contributed by atoms with E-state index in [9.17, 15) is 13.2 Å². The second-order valence-electron chi connectivity index (χ2n) is 4.00. The molecule has 0 unspecified atom stereocenters. The van der Waals surface area contributed by atoms with E-state index >= 15 is 0 Å². The maximum atomic E-state index is 12.2. The highest BCUT2D eigenvalue weighted by molar-refractivity contribution is 7.93. The fourth-order valence-electron chi connectivity index (χ4n) is 1.53. The van der Waals surface area contributed by atoms with Gasteiger partial charge in [-0.3, -0.25) is 9.52 Å². The first-order valence-corrected chi connectivity index (χ1v) is 8.10. The zero-order chi connectivity index (χ0) is 15.5. The molecule has 2 aromatic rings. The van der Waals surface area contributed by atoms with Gasteiger partial charge in [0.15, 0.2) is 5.13 Å². The molecule has 0 radical (unpaired) electrons. The quantitative estimate of drug-likeness (QED) is 0.834. The van der Waals surface area contributed by atoms with E-state index in [1.54, 1.807) is 12.1 Å². The fraction of sp³-hybridized carbons (Fsp3) is 0.167. The van der Waals surface area contributed by atoms with Crippen molar-refractivity contribution in [3.05, 3.63) is 35.3 Å². The third kappa shape index (κ3) is 3.92. The molecule has 21 heavy (non-hydrogen) atoms. The Morgan fingerprint density at radius 1 is 1.48 bits per heavy atom. The van der Waals surface area contributed by atoms with Crippen LogP contribution >= 0.6 is 11.3 Å². The van der Waals surface area contributed by atoms with E-state index in [0.717, 1.165) is 11.3 Å². The van der Waals surface area contributed by atoms with E-state index < -0.39 is 16.0 Å². The number of ether oxygens (including phenoxy) is 1. The number of anilines is 1. The molecular formula is C12H12N2O5S2. The molecule has 0 spiro atoms. The molecule has 0 saturated heterocycles. The van der Waals surface area contributed by atoms with Gasteiger partial charge in [0.2, 0.25) is 0 Å². The average molecular weight is 328 g/mol. The number of hydrogen-bond donors (Lipinski definition) is 2. The first-order chi connectivity index (χ1) is 9.90. The molecule has 0 atom stereocenters. The maximum absolute atomic E-state index is 12.2. The number of sulfonamides is 1. The number of aliphatic carboxylic acids is 1. The number of thiazole rings is 1. The number of nitrogens with one attached hydrogen (secondary N) is 1. The molecule has 0 aliphatic heterocycles. The van der Waals surface area contributed by atoms with Crippen LogP contribution in [-0.2, 0) is 21.2 Å². The monoisotopic (exact) mass is 328 g/mol. The molecule has 1 aromatic carbocycles. The molecule has 1 aromatic heterocycles. The lowest BCUT2D eigenvalue weighted by atomic mass is 10.3. The van der Waals surface area contributed by atoms with E-state index in [1.165, 1.54) is 24.6 Å². The SMILES string of the molecule is COc1cccc(S(=O)(=O)Nc2nc(CC(=O)O)cs2)c1. The van der Waals surface area contributed by atoms with Crippen LogP contribution in [0.1, 0.15) is 5.69 Å². The second-order valence-corrected chi connectivity index (χ2v) is 6.54. The number of nitrogens with zero attached hydrogens (tertiary/aromatic N) is 1. The minimum Gasteiger partial charge on any atom is -0.497 e. The van der Waals surface area contributed by atoms with Crippen LogP contribution in [0.25, 0.3) is 0 Å². The van der Waals surface area contributed by atoms with Crippen molar-refractivity contribution in [3.8, 4) is 5.75 Å². The van der Waals surface area contributed by atoms with E-state index in [-0.39, 0.29) is 16.4 Å². The molecule has 2 rings (SSSR count). The Hall–Kier alpha value is -2.13. The van der Waals surface area contributed by atoms with E-state index in [0.29, 0.717) is 11.4 Å². The number of aromatic nitrogens is 1. The van der Waals surface area contributed by atoms with Gasteiger partial charge in [0.1, 0.15) is 5.75 Å². The molecule has 9 heteroatoms. The summed E-state index contributed by atoms with van der Waals surface area (Å²) in [4.78, 5) is 14.5. The van der Waals surface area contributed by atoms with Crippen LogP contribution in [0.15, 0.2) is 34.5 Å². The number of rotatable bonds is 6. The summed E-state index contributed by atoms with van der Waals surface area (Å²) < 4.78 is 31.7. The number of carbonyl (C=O) groups is 1. The molecule has 1 heterocycles. The number of methoxy groups -OCH3 is 1. The highest BCUT2D eigenvalue weighted by Crippen LogP contribution is 2.22. The van der Waals surface area contributed by atoms with Gasteiger partial charge in [-0.15, -0.1) is 11.3 Å². The van der Waals surface area contributed by atoms with Crippen LogP contribution in [0.3, 0.4) is 0 Å². The minimum absolute atomic E-state index is 0.0387. The second kappa shape index (κ2) is 6.10. The average Bonchev–Trinajstić information content (AvgIpc) is 2.84. The summed E-state index contributed by atoms with van der Waals surface area (Å²) in [6.07, 6.45) is -0.253. The Bertz CT molecular complexity index is 755. The van der Waals surface area contributed by atoms with Crippen LogP contribution < -0.4 is 9.46 Å². The molecule has 7 nitrogen and oxygen atoms in total. The highest BCUT2D eigenvalue weighted by Gasteiger charge is 2.17. The third-order valence-electron chi connectivity index (χ3n) is 2.46. The lowest BCUT2D eigenvalue weighted by Gasteiger charge is -2.06. The summed E-state index contributed by atoms with van der Waals surface area (Å²) in [6.45, 7) is 0. The van der Waals surface area contributed by atoms with Crippen LogP contribution in [-0.4, -0.2) is 31.6 Å². The minimum atomic E-state index is -3.79. The van der Waals surface area contributed by atoms with Crippen molar-refractivity contribution in [3.63, 3.8) is 0 Å². The molecule has 2 N–H and O–H groups in total. The summed E-state index contributed by atoms with van der Waals surface area (Å²) in [5.74, 6) is -0.605. The number of hydrogen-bond acceptors (Lipinski definition) is 6. The zero-order valence-electron chi connectivity index (χ0n) is 10.9. The molecule has 112 valence electrons. The topological polar surface area (TPSA) is 106 Å². The van der Waals surface area contributed by atoms with Gasteiger partial charge in [0.25, 0.3) is 10.0 Å². The third-order valence-corrected chi connectivity index (χ3v) is 4.73. The predicted molar refractivity (Wildman–Crippen MR) is 77.3 cm³/mol. The molecular weight excluding hydrogens is 316 g/mol. The standard InChI is InChI=1S/C12H12N2O5S2/c1-19-9-3-2-4-10(6-9)21(17,18)14-12-13-8(7-20-12)5-11(15)16/h2-4,6-7H,5H2,1H3,(H,13,14)(H,15,16). The summed E-state index contributed by atoms with van der Waals surface area (Å²) in [5, 5.41) is 10.3. The van der Waals surface area contributed by atoms with Crippen LogP contribution in [0.2, 0.25) is 0 Å². The van der Waals surface area contributed by atoms with Crippen molar-refractivity contribution >= 4 is 32.5 Å². The predicted octanol–water partition coefficient (Wildman–Crippen LogP) is 1.58. The van der Waals surface area contributed by atoms with Gasteiger partial charge in [-0.05, 0) is 12.1 Å². The number of carboxylic acid groups (broad SMARTS) is 1. The molecule has 0 saturated carbocycles. The zero-order valence-corrected chi connectivity index (χ0v) is 12.6. The van der Waals surface area contributed by atoms with E-state index in [2.05, 4.69) is 9.71 Å². The Kier molecular flexibility index (Phi) is 4.43. The van der Waals surface area contributed by atoms with Gasteiger partial charge in [-0.1, -0.05) is 6.07 Å². The largest absolute Gasteiger partial charge is 0.497 e. The lowest BCUT2D eigenvalue weighted by molar-refractivity contribution is -0.136. The Balaban J connectivity index is 2.20. The summed E-state index contributed by atoms with van der Waals surface area (Å²) in [5.41, 5.74) is 0.302. The number of carboxylic acids is 1. The molecule has 0 aliphatic rings. The molecule has 0 aliphatic carbocycles. The van der Waals surface area contributed by atoms with Gasteiger partial charge in [-0.25, -0.2) is 13.4 Å². The van der Waals surface area contributed by atoms with Crippen molar-refractivity contribution in [2.45, 2.75) is 11.3 Å². The van der Waals surface area contributed by atoms with Gasteiger partial charge in [0.05, 0.1) is 24.1 Å². The highest BCUT2D eigenvalue weighted by atomic mass is 32.2. The molecule has 0 fully saturated rings. The van der Waals surface area contributed by atoms with Gasteiger partial charge in [-0.2, -0.15) is 0 Å². The normalized spacial score (nSPS) is 11.1. The van der Waals surface area contributed by atoms with Crippen molar-refractivity contribution in [1.29, 1.82) is 0 Å². The Labute approximate surface area is 125 Å². The maximum Gasteiger partial charge on any atom is 0.309 e. The van der Waals surface area contributed by atoms with Gasteiger partial charge < -0.3 is 9.84 Å².